The van der Waals surface area contributed by atoms with Crippen molar-refractivity contribution in [3.63, 3.8) is 0 Å². The number of unbranched alkanes of at least 4 members (excludes halogenated alkanes) is 8. The maximum atomic E-state index is 12.9. The SMILES string of the molecule is CCCCCCCCC(CCCCCC)C(=O)Oc1ccc(CC(=O)OC(C)(C)C)cc1. The lowest BCUT2D eigenvalue weighted by Crippen LogP contribution is -2.24. The molecule has 0 aliphatic rings. The molecule has 182 valence electrons. The van der Waals surface area contributed by atoms with E-state index in [-0.39, 0.29) is 24.3 Å². The second-order valence-corrected chi connectivity index (χ2v) is 9.93. The molecule has 0 saturated heterocycles. The molecule has 1 aromatic rings. The molecule has 1 rings (SSSR count). The van der Waals surface area contributed by atoms with E-state index in [1.807, 2.05) is 32.9 Å². The molecular weight excluding hydrogens is 400 g/mol. The predicted octanol–water partition coefficient (Wildman–Crippen LogP) is 7.81. The fourth-order valence-corrected chi connectivity index (χ4v) is 3.79. The first-order chi connectivity index (χ1) is 15.2. The average Bonchev–Trinajstić information content (AvgIpc) is 2.72. The highest BCUT2D eigenvalue weighted by molar-refractivity contribution is 5.75. The van der Waals surface area contributed by atoms with Gasteiger partial charge in [0.1, 0.15) is 11.4 Å². The summed E-state index contributed by atoms with van der Waals surface area (Å²) < 4.78 is 11.1. The summed E-state index contributed by atoms with van der Waals surface area (Å²) in [5, 5.41) is 0. The van der Waals surface area contributed by atoms with Crippen LogP contribution in [0.2, 0.25) is 0 Å². The number of hydrogen-bond donors (Lipinski definition) is 0. The van der Waals surface area contributed by atoms with Crippen molar-refractivity contribution in [1.82, 2.24) is 0 Å². The van der Waals surface area contributed by atoms with Crippen LogP contribution in [0.15, 0.2) is 24.3 Å². The molecule has 4 nitrogen and oxygen atoms in total. The number of benzene rings is 1. The zero-order valence-corrected chi connectivity index (χ0v) is 21.2. The van der Waals surface area contributed by atoms with E-state index in [0.717, 1.165) is 31.2 Å². The van der Waals surface area contributed by atoms with Gasteiger partial charge in [-0.3, -0.25) is 9.59 Å². The van der Waals surface area contributed by atoms with Crippen molar-refractivity contribution in [2.45, 2.75) is 124 Å². The van der Waals surface area contributed by atoms with Crippen molar-refractivity contribution in [3.05, 3.63) is 29.8 Å². The van der Waals surface area contributed by atoms with Crippen LogP contribution in [0.4, 0.5) is 0 Å². The van der Waals surface area contributed by atoms with Crippen molar-refractivity contribution in [2.24, 2.45) is 5.92 Å². The predicted molar refractivity (Wildman–Crippen MR) is 132 cm³/mol. The molecule has 0 bridgehead atoms. The Morgan fingerprint density at radius 3 is 1.81 bits per heavy atom. The summed E-state index contributed by atoms with van der Waals surface area (Å²) in [5.41, 5.74) is 0.358. The van der Waals surface area contributed by atoms with Crippen LogP contribution in [0.25, 0.3) is 0 Å². The van der Waals surface area contributed by atoms with Gasteiger partial charge in [-0.1, -0.05) is 90.2 Å². The first kappa shape index (κ1) is 28.2. The monoisotopic (exact) mass is 446 g/mol. The third kappa shape index (κ3) is 13.5. The molecule has 0 spiro atoms. The van der Waals surface area contributed by atoms with Crippen molar-refractivity contribution >= 4 is 11.9 Å². The molecule has 0 aliphatic carbocycles. The molecule has 1 aromatic carbocycles. The third-order valence-corrected chi connectivity index (χ3v) is 5.56. The van der Waals surface area contributed by atoms with Crippen LogP contribution in [0.1, 0.15) is 117 Å². The van der Waals surface area contributed by atoms with E-state index in [4.69, 9.17) is 9.47 Å². The average molecular weight is 447 g/mol. The first-order valence-electron chi connectivity index (χ1n) is 12.8. The van der Waals surface area contributed by atoms with Crippen LogP contribution >= 0.6 is 0 Å². The second kappa shape index (κ2) is 15.9. The summed E-state index contributed by atoms with van der Waals surface area (Å²) in [5.74, 6) is 0.146. The van der Waals surface area contributed by atoms with Crippen LogP contribution in [0.3, 0.4) is 0 Å². The minimum absolute atomic E-state index is 0.0283. The highest BCUT2D eigenvalue weighted by Gasteiger charge is 2.20. The number of carbonyl (C=O) groups excluding carboxylic acids is 2. The quantitative estimate of drug-likeness (QED) is 0.148. The molecule has 0 aliphatic heterocycles. The van der Waals surface area contributed by atoms with E-state index in [0.29, 0.717) is 5.75 Å². The molecular formula is C28H46O4. The first-order valence-corrected chi connectivity index (χ1v) is 12.8. The summed E-state index contributed by atoms with van der Waals surface area (Å²) in [4.78, 5) is 24.9. The molecule has 32 heavy (non-hydrogen) atoms. The zero-order chi connectivity index (χ0) is 23.8. The molecule has 4 heteroatoms. The third-order valence-electron chi connectivity index (χ3n) is 5.56. The van der Waals surface area contributed by atoms with Crippen LogP contribution < -0.4 is 4.74 Å². The number of rotatable bonds is 16. The summed E-state index contributed by atoms with van der Waals surface area (Å²) in [6.07, 6.45) is 14.1. The molecule has 0 fully saturated rings. The van der Waals surface area contributed by atoms with E-state index in [2.05, 4.69) is 13.8 Å². The van der Waals surface area contributed by atoms with Gasteiger partial charge < -0.3 is 9.47 Å². The second-order valence-electron chi connectivity index (χ2n) is 9.93. The molecule has 0 saturated carbocycles. The maximum absolute atomic E-state index is 12.9. The Kier molecular flexibility index (Phi) is 14.0. The Hall–Kier alpha value is -1.84. The minimum Gasteiger partial charge on any atom is -0.460 e. The van der Waals surface area contributed by atoms with E-state index in [1.165, 1.54) is 51.4 Å². The fourth-order valence-electron chi connectivity index (χ4n) is 3.79. The van der Waals surface area contributed by atoms with Crippen molar-refractivity contribution in [2.75, 3.05) is 0 Å². The Morgan fingerprint density at radius 2 is 1.28 bits per heavy atom. The number of carbonyl (C=O) groups is 2. The molecule has 1 atom stereocenters. The highest BCUT2D eigenvalue weighted by atomic mass is 16.6. The summed E-state index contributed by atoms with van der Waals surface area (Å²) in [7, 11) is 0. The van der Waals surface area contributed by atoms with E-state index in [1.54, 1.807) is 12.1 Å². The number of ether oxygens (including phenoxy) is 2. The fraction of sp³-hybridized carbons (Fsp3) is 0.714. The van der Waals surface area contributed by atoms with Crippen molar-refractivity contribution < 1.29 is 19.1 Å². The van der Waals surface area contributed by atoms with Gasteiger partial charge in [0.25, 0.3) is 0 Å². The summed E-state index contributed by atoms with van der Waals surface area (Å²) in [6.45, 7) is 10.0. The Labute approximate surface area is 196 Å². The zero-order valence-electron chi connectivity index (χ0n) is 21.2. The Morgan fingerprint density at radius 1 is 0.781 bits per heavy atom. The number of hydrogen-bond acceptors (Lipinski definition) is 4. The summed E-state index contributed by atoms with van der Waals surface area (Å²) >= 11 is 0. The van der Waals surface area contributed by atoms with Crippen LogP contribution in [-0.2, 0) is 20.7 Å². The van der Waals surface area contributed by atoms with Gasteiger partial charge >= 0.3 is 11.9 Å². The molecule has 1 unspecified atom stereocenters. The minimum atomic E-state index is -0.491. The van der Waals surface area contributed by atoms with Gasteiger partial charge in [0.15, 0.2) is 0 Å². The topological polar surface area (TPSA) is 52.6 Å². The van der Waals surface area contributed by atoms with Crippen molar-refractivity contribution in [3.8, 4) is 5.75 Å². The smallest absolute Gasteiger partial charge is 0.314 e. The lowest BCUT2D eigenvalue weighted by atomic mass is 9.94. The number of esters is 2. The molecule has 0 N–H and O–H groups in total. The van der Waals surface area contributed by atoms with Gasteiger partial charge in [-0.15, -0.1) is 0 Å². The molecule has 0 heterocycles. The lowest BCUT2D eigenvalue weighted by molar-refractivity contribution is -0.154. The normalized spacial score (nSPS) is 12.4. The van der Waals surface area contributed by atoms with Crippen LogP contribution in [-0.4, -0.2) is 17.5 Å². The van der Waals surface area contributed by atoms with E-state index in [9.17, 15) is 9.59 Å². The van der Waals surface area contributed by atoms with Gasteiger partial charge in [0, 0.05) is 0 Å². The summed E-state index contributed by atoms with van der Waals surface area (Å²) in [6, 6.07) is 7.21. The largest absolute Gasteiger partial charge is 0.460 e. The van der Waals surface area contributed by atoms with Gasteiger partial charge in [-0.2, -0.15) is 0 Å². The Balaban J connectivity index is 2.57. The van der Waals surface area contributed by atoms with Crippen molar-refractivity contribution in [1.29, 1.82) is 0 Å². The van der Waals surface area contributed by atoms with Gasteiger partial charge in [-0.25, -0.2) is 0 Å². The van der Waals surface area contributed by atoms with E-state index >= 15 is 0 Å². The Bertz CT molecular complexity index is 642. The molecule has 0 aromatic heterocycles. The highest BCUT2D eigenvalue weighted by Crippen LogP contribution is 2.22. The molecule has 0 amide bonds. The lowest BCUT2D eigenvalue weighted by Gasteiger charge is -2.19. The van der Waals surface area contributed by atoms with Gasteiger partial charge in [0.2, 0.25) is 0 Å². The molecule has 0 radical (unpaired) electrons. The van der Waals surface area contributed by atoms with E-state index < -0.39 is 5.60 Å². The van der Waals surface area contributed by atoms with Crippen LogP contribution in [0.5, 0.6) is 5.75 Å². The van der Waals surface area contributed by atoms with Gasteiger partial charge in [0.05, 0.1) is 12.3 Å². The standard InChI is InChI=1S/C28H46O4/c1-6-8-10-12-13-15-17-24(16-14-11-9-7-2)27(30)31-25-20-18-23(19-21-25)22-26(29)32-28(3,4)5/h18-21,24H,6-17,22H2,1-5H3. The maximum Gasteiger partial charge on any atom is 0.314 e. The van der Waals surface area contributed by atoms with Gasteiger partial charge in [-0.05, 0) is 51.3 Å². The van der Waals surface area contributed by atoms with Crippen LogP contribution in [0, 0.1) is 5.92 Å².